The molecule has 0 saturated carbocycles. The molecular weight excluding hydrogens is 358 g/mol. The summed E-state index contributed by atoms with van der Waals surface area (Å²) in [5.41, 5.74) is 2.23. The van der Waals surface area contributed by atoms with Crippen molar-refractivity contribution in [2.45, 2.75) is 23.7 Å². The van der Waals surface area contributed by atoms with Crippen LogP contribution in [0.5, 0.6) is 0 Å². The van der Waals surface area contributed by atoms with Crippen LogP contribution in [-0.4, -0.2) is 30.8 Å². The van der Waals surface area contributed by atoms with Crippen molar-refractivity contribution in [3.63, 3.8) is 0 Å². The van der Waals surface area contributed by atoms with Crippen LogP contribution in [0.1, 0.15) is 24.3 Å². The summed E-state index contributed by atoms with van der Waals surface area (Å²) >= 11 is 0. The van der Waals surface area contributed by atoms with Crippen LogP contribution >= 0.6 is 0 Å². The van der Waals surface area contributed by atoms with E-state index in [2.05, 4.69) is 4.98 Å². The molecule has 2 heterocycles. The number of rotatable bonds is 3. The SMILES string of the molecule is O=S(=O)(c1cc(F)ccc1F)N1CCC(c2c[nH]c3ccccc23)CC1. The fourth-order valence-corrected chi connectivity index (χ4v) is 5.20. The van der Waals surface area contributed by atoms with Crippen LogP contribution in [0.25, 0.3) is 10.9 Å². The topological polar surface area (TPSA) is 53.2 Å². The number of fused-ring (bicyclic) bond motifs is 1. The van der Waals surface area contributed by atoms with E-state index < -0.39 is 26.6 Å². The molecule has 1 aromatic heterocycles. The van der Waals surface area contributed by atoms with Gasteiger partial charge in [-0.1, -0.05) is 18.2 Å². The van der Waals surface area contributed by atoms with Gasteiger partial charge in [0.05, 0.1) is 0 Å². The van der Waals surface area contributed by atoms with Crippen molar-refractivity contribution < 1.29 is 17.2 Å². The lowest BCUT2D eigenvalue weighted by Crippen LogP contribution is -2.38. The number of benzene rings is 2. The molecular formula is C19H18F2N2O2S. The number of nitrogens with one attached hydrogen (secondary N) is 1. The minimum atomic E-state index is -4.04. The van der Waals surface area contributed by atoms with E-state index >= 15 is 0 Å². The van der Waals surface area contributed by atoms with E-state index in [0.717, 1.165) is 29.1 Å². The summed E-state index contributed by atoms with van der Waals surface area (Å²) in [5.74, 6) is -1.46. The minimum Gasteiger partial charge on any atom is -0.361 e. The zero-order chi connectivity index (χ0) is 18.3. The second kappa shape index (κ2) is 6.48. The number of aromatic nitrogens is 1. The number of halogens is 2. The smallest absolute Gasteiger partial charge is 0.246 e. The third kappa shape index (κ3) is 2.91. The van der Waals surface area contributed by atoms with Crippen molar-refractivity contribution in [1.82, 2.24) is 9.29 Å². The Balaban J connectivity index is 1.55. The van der Waals surface area contributed by atoms with Gasteiger partial charge >= 0.3 is 0 Å². The molecule has 1 aliphatic rings. The monoisotopic (exact) mass is 376 g/mol. The number of H-pyrrole nitrogens is 1. The molecule has 1 saturated heterocycles. The van der Waals surface area contributed by atoms with Gasteiger partial charge in [-0.25, -0.2) is 17.2 Å². The zero-order valence-electron chi connectivity index (χ0n) is 14.0. The number of sulfonamides is 1. The Morgan fingerprint density at radius 2 is 1.77 bits per heavy atom. The normalized spacial score (nSPS) is 17.0. The maximum atomic E-state index is 13.9. The molecule has 1 aliphatic heterocycles. The Hall–Kier alpha value is -2.25. The van der Waals surface area contributed by atoms with E-state index in [1.165, 1.54) is 9.87 Å². The Bertz CT molecular complexity index is 1050. The van der Waals surface area contributed by atoms with Crippen LogP contribution in [0.3, 0.4) is 0 Å². The van der Waals surface area contributed by atoms with Gasteiger partial charge in [-0.15, -0.1) is 0 Å². The Labute approximate surface area is 150 Å². The van der Waals surface area contributed by atoms with Crippen LogP contribution in [0.4, 0.5) is 8.78 Å². The molecule has 26 heavy (non-hydrogen) atoms. The van der Waals surface area contributed by atoms with Gasteiger partial charge in [0, 0.05) is 30.2 Å². The first-order valence-electron chi connectivity index (χ1n) is 8.48. The second-order valence-corrected chi connectivity index (χ2v) is 8.45. The van der Waals surface area contributed by atoms with E-state index in [1.54, 1.807) is 0 Å². The van der Waals surface area contributed by atoms with Gasteiger partial charge in [0.2, 0.25) is 10.0 Å². The third-order valence-electron chi connectivity index (χ3n) is 5.03. The van der Waals surface area contributed by atoms with Crippen molar-refractivity contribution in [1.29, 1.82) is 0 Å². The highest BCUT2D eigenvalue weighted by atomic mass is 32.2. The van der Waals surface area contributed by atoms with Crippen molar-refractivity contribution in [3.05, 3.63) is 65.9 Å². The summed E-state index contributed by atoms with van der Waals surface area (Å²) in [7, 11) is -4.04. The van der Waals surface area contributed by atoms with Gasteiger partial charge in [-0.05, 0) is 48.6 Å². The fourth-order valence-electron chi connectivity index (χ4n) is 3.65. The lowest BCUT2D eigenvalue weighted by molar-refractivity contribution is 0.319. The zero-order valence-corrected chi connectivity index (χ0v) is 14.8. The van der Waals surface area contributed by atoms with Crippen molar-refractivity contribution in [2.24, 2.45) is 0 Å². The van der Waals surface area contributed by atoms with Gasteiger partial charge in [-0.3, -0.25) is 0 Å². The molecule has 0 bridgehead atoms. The molecule has 0 atom stereocenters. The first kappa shape index (κ1) is 17.2. The van der Waals surface area contributed by atoms with Gasteiger partial charge in [0.1, 0.15) is 16.5 Å². The summed E-state index contributed by atoms with van der Waals surface area (Å²) in [5, 5.41) is 1.14. The predicted octanol–water partition coefficient (Wildman–Crippen LogP) is 4.01. The van der Waals surface area contributed by atoms with Crippen LogP contribution in [0.15, 0.2) is 53.6 Å². The average Bonchev–Trinajstić information content (AvgIpc) is 3.08. The Morgan fingerprint density at radius 3 is 2.54 bits per heavy atom. The standard InChI is InChI=1S/C19H18F2N2O2S/c20-14-5-6-17(21)19(11-14)26(24,25)23-9-7-13(8-10-23)16-12-22-18-4-2-1-3-15(16)18/h1-6,11-13,22H,7-10H2. The quantitative estimate of drug-likeness (QED) is 0.751. The molecule has 0 amide bonds. The fraction of sp³-hybridized carbons (Fsp3) is 0.263. The largest absolute Gasteiger partial charge is 0.361 e. The Kier molecular flexibility index (Phi) is 4.28. The molecule has 0 radical (unpaired) electrons. The first-order valence-corrected chi connectivity index (χ1v) is 9.92. The molecule has 136 valence electrons. The molecule has 0 spiro atoms. The Morgan fingerprint density at radius 1 is 1.04 bits per heavy atom. The molecule has 0 aliphatic carbocycles. The van der Waals surface area contributed by atoms with E-state index in [1.807, 2.05) is 30.5 Å². The average molecular weight is 376 g/mol. The van der Waals surface area contributed by atoms with Crippen molar-refractivity contribution >= 4 is 20.9 Å². The molecule has 1 fully saturated rings. The number of piperidine rings is 1. The molecule has 4 rings (SSSR count). The third-order valence-corrected chi connectivity index (χ3v) is 6.94. The molecule has 2 aromatic carbocycles. The number of hydrogen-bond acceptors (Lipinski definition) is 2. The van der Waals surface area contributed by atoms with Gasteiger partial charge < -0.3 is 4.98 Å². The van der Waals surface area contributed by atoms with Crippen LogP contribution in [-0.2, 0) is 10.0 Å². The summed E-state index contributed by atoms with van der Waals surface area (Å²) in [6, 6.07) is 10.5. The lowest BCUT2D eigenvalue weighted by Gasteiger charge is -2.31. The molecule has 0 unspecified atom stereocenters. The predicted molar refractivity (Wildman–Crippen MR) is 95.4 cm³/mol. The summed E-state index contributed by atoms with van der Waals surface area (Å²) < 4.78 is 53.9. The van der Waals surface area contributed by atoms with Crippen molar-refractivity contribution in [3.8, 4) is 0 Å². The maximum absolute atomic E-state index is 13.9. The van der Waals surface area contributed by atoms with Crippen LogP contribution in [0.2, 0.25) is 0 Å². The van der Waals surface area contributed by atoms with Gasteiger partial charge in [-0.2, -0.15) is 4.31 Å². The highest BCUT2D eigenvalue weighted by Gasteiger charge is 2.32. The summed E-state index contributed by atoms with van der Waals surface area (Å²) in [6.07, 6.45) is 3.25. The number of nitrogens with zero attached hydrogens (tertiary/aromatic N) is 1. The first-order chi connectivity index (χ1) is 12.5. The van der Waals surface area contributed by atoms with Crippen molar-refractivity contribution in [2.75, 3.05) is 13.1 Å². The maximum Gasteiger partial charge on any atom is 0.246 e. The molecule has 4 nitrogen and oxygen atoms in total. The van der Waals surface area contributed by atoms with Gasteiger partial charge in [0.25, 0.3) is 0 Å². The molecule has 3 aromatic rings. The minimum absolute atomic E-state index is 0.231. The number of aromatic amines is 1. The van der Waals surface area contributed by atoms with Gasteiger partial charge in [0.15, 0.2) is 0 Å². The van der Waals surface area contributed by atoms with E-state index in [-0.39, 0.29) is 19.0 Å². The highest BCUT2D eigenvalue weighted by molar-refractivity contribution is 7.89. The molecule has 1 N–H and O–H groups in total. The summed E-state index contributed by atoms with van der Waals surface area (Å²) in [4.78, 5) is 2.65. The van der Waals surface area contributed by atoms with E-state index in [4.69, 9.17) is 0 Å². The second-order valence-electron chi connectivity index (χ2n) is 6.54. The van der Waals surface area contributed by atoms with Crippen LogP contribution in [0, 0.1) is 11.6 Å². The van der Waals surface area contributed by atoms with Crippen LogP contribution < -0.4 is 0 Å². The summed E-state index contributed by atoms with van der Waals surface area (Å²) in [6.45, 7) is 0.560. The lowest BCUT2D eigenvalue weighted by atomic mass is 9.90. The van der Waals surface area contributed by atoms with E-state index in [9.17, 15) is 17.2 Å². The number of hydrogen-bond donors (Lipinski definition) is 1. The highest BCUT2D eigenvalue weighted by Crippen LogP contribution is 2.35. The van der Waals surface area contributed by atoms with E-state index in [0.29, 0.717) is 12.8 Å². The molecule has 7 heteroatoms. The number of para-hydroxylation sites is 1.